The number of hydrogen-bond acceptors (Lipinski definition) is 2. The Morgan fingerprint density at radius 3 is 1.94 bits per heavy atom. The Morgan fingerprint density at radius 1 is 0.906 bits per heavy atom. The van der Waals surface area contributed by atoms with E-state index >= 15 is 0 Å². The van der Waals surface area contributed by atoms with Crippen LogP contribution >= 0.6 is 0 Å². The van der Waals surface area contributed by atoms with E-state index in [-0.39, 0.29) is 0 Å². The second-order valence-corrected chi connectivity index (χ2v) is 10.9. The zero-order chi connectivity index (χ0) is 23.7. The molecule has 0 fully saturated rings. The summed E-state index contributed by atoms with van der Waals surface area (Å²) in [5.74, 6) is 1.96. The van der Waals surface area contributed by atoms with E-state index in [4.69, 9.17) is 0 Å². The fourth-order valence-corrected chi connectivity index (χ4v) is 5.63. The Labute approximate surface area is 195 Å². The fraction of sp³-hybridized carbons (Fsp3) is 0.643. The molecule has 1 heterocycles. The number of amidine groups is 1. The maximum absolute atomic E-state index is 12.8. The lowest BCUT2D eigenvalue weighted by Crippen LogP contribution is -2.41. The lowest BCUT2D eigenvalue weighted by molar-refractivity contribution is -0.476. The van der Waals surface area contributed by atoms with Crippen molar-refractivity contribution in [1.29, 1.82) is 0 Å². The van der Waals surface area contributed by atoms with Gasteiger partial charge < -0.3 is 5.11 Å². The first-order chi connectivity index (χ1) is 15.1. The van der Waals surface area contributed by atoms with Crippen LogP contribution in [-0.2, 0) is 4.79 Å². The molecule has 0 bridgehead atoms. The largest absolute Gasteiger partial charge is 0.472 e. The first-order valence-corrected chi connectivity index (χ1v) is 12.5. The van der Waals surface area contributed by atoms with E-state index in [9.17, 15) is 9.90 Å². The van der Waals surface area contributed by atoms with Gasteiger partial charge in [0.15, 0.2) is 0 Å². The van der Waals surface area contributed by atoms with Gasteiger partial charge in [-0.3, -0.25) is 0 Å². The summed E-state index contributed by atoms with van der Waals surface area (Å²) in [5.41, 5.74) is 5.04. The number of carbonyl (C=O) groups is 1. The number of rotatable bonds is 7. The molecule has 0 aromatic heterocycles. The second-order valence-electron chi connectivity index (χ2n) is 10.9. The lowest BCUT2D eigenvalue weighted by Gasteiger charge is -2.31. The van der Waals surface area contributed by atoms with E-state index in [2.05, 4.69) is 89.2 Å². The van der Waals surface area contributed by atoms with E-state index in [0.717, 1.165) is 25.9 Å². The van der Waals surface area contributed by atoms with Crippen molar-refractivity contribution in [1.82, 2.24) is 4.90 Å². The molecular formula is C28H43N2O2+. The summed E-state index contributed by atoms with van der Waals surface area (Å²) in [6.45, 7) is 19.4. The normalized spacial score (nSPS) is 24.4. The molecule has 0 spiro atoms. The van der Waals surface area contributed by atoms with Gasteiger partial charge in [0, 0.05) is 11.8 Å². The van der Waals surface area contributed by atoms with Crippen molar-refractivity contribution < 1.29 is 14.5 Å². The molecule has 0 saturated heterocycles. The molecule has 0 aromatic carbocycles. The van der Waals surface area contributed by atoms with Crippen molar-refractivity contribution in [3.05, 3.63) is 46.8 Å². The van der Waals surface area contributed by atoms with Crippen molar-refractivity contribution in [2.75, 3.05) is 13.1 Å². The van der Waals surface area contributed by atoms with Gasteiger partial charge in [0.25, 0.3) is 0 Å². The maximum atomic E-state index is 12.8. The summed E-state index contributed by atoms with van der Waals surface area (Å²) >= 11 is 0. The van der Waals surface area contributed by atoms with Gasteiger partial charge in [0.1, 0.15) is 24.5 Å². The summed E-state index contributed by atoms with van der Waals surface area (Å²) < 4.78 is 2.16. The van der Waals surface area contributed by atoms with Crippen LogP contribution in [0.25, 0.3) is 0 Å². The smallest absolute Gasteiger partial charge is 0.419 e. The highest BCUT2D eigenvalue weighted by Crippen LogP contribution is 2.40. The molecule has 1 N–H and O–H groups in total. The highest BCUT2D eigenvalue weighted by atomic mass is 16.4. The van der Waals surface area contributed by atoms with Crippen LogP contribution in [-0.4, -0.2) is 39.5 Å². The molecule has 0 radical (unpaired) electrons. The monoisotopic (exact) mass is 439 g/mol. The minimum Gasteiger partial charge on any atom is -0.472 e. The Hall–Kier alpha value is -2.10. The topological polar surface area (TPSA) is 43.5 Å². The molecule has 4 nitrogen and oxygen atoms in total. The predicted octanol–water partition coefficient (Wildman–Crippen LogP) is 6.08. The van der Waals surface area contributed by atoms with Crippen LogP contribution in [0.3, 0.4) is 0 Å². The molecule has 0 aromatic rings. The van der Waals surface area contributed by atoms with E-state index in [1.807, 2.05) is 0 Å². The van der Waals surface area contributed by atoms with Crippen molar-refractivity contribution in [2.24, 2.45) is 35.5 Å². The average Bonchev–Trinajstić information content (AvgIpc) is 3.17. The number of aliphatic carboxylic acids is 1. The Kier molecular flexibility index (Phi) is 7.52. The van der Waals surface area contributed by atoms with Crippen LogP contribution in [0.2, 0.25) is 0 Å². The number of carboxylic acid groups (broad SMARTS) is 1. The van der Waals surface area contributed by atoms with Gasteiger partial charge in [-0.05, 0) is 47.7 Å². The first-order valence-electron chi connectivity index (χ1n) is 12.5. The molecule has 0 saturated carbocycles. The van der Waals surface area contributed by atoms with Crippen molar-refractivity contribution in [3.63, 3.8) is 0 Å². The van der Waals surface area contributed by atoms with E-state index in [1.165, 1.54) is 22.5 Å². The molecule has 1 aliphatic heterocycles. The molecule has 2 aliphatic carbocycles. The van der Waals surface area contributed by atoms with Gasteiger partial charge in [0.05, 0.1) is 0 Å². The van der Waals surface area contributed by atoms with Gasteiger partial charge in [-0.1, -0.05) is 79.7 Å². The van der Waals surface area contributed by atoms with Gasteiger partial charge >= 0.3 is 11.8 Å². The van der Waals surface area contributed by atoms with Crippen LogP contribution in [0, 0.1) is 35.5 Å². The molecule has 3 rings (SSSR count). The second kappa shape index (κ2) is 9.80. The van der Waals surface area contributed by atoms with Crippen LogP contribution in [0.15, 0.2) is 46.8 Å². The summed E-state index contributed by atoms with van der Waals surface area (Å²) in [6, 6.07) is 0. The lowest BCUT2D eigenvalue weighted by atomic mass is 9.80. The molecule has 2 atom stereocenters. The van der Waals surface area contributed by atoms with Crippen molar-refractivity contribution in [2.45, 2.75) is 68.2 Å². The Balaban J connectivity index is 2.25. The van der Waals surface area contributed by atoms with Gasteiger partial charge in [0.2, 0.25) is 0 Å². The molecule has 32 heavy (non-hydrogen) atoms. The SMILES string of the molecule is CC(C)C1=C(N2CC[N+](C3=C(C(C)C)C=CC[C@H]3C(C)C)=C2C(=O)O)[C@@H](C(C)C)CC=C1. The minimum atomic E-state index is -0.817. The van der Waals surface area contributed by atoms with E-state index in [1.54, 1.807) is 0 Å². The number of carboxylic acids is 1. The third kappa shape index (κ3) is 4.51. The summed E-state index contributed by atoms with van der Waals surface area (Å²) in [6.07, 6.45) is 11.0. The van der Waals surface area contributed by atoms with E-state index < -0.39 is 5.97 Å². The highest BCUT2D eigenvalue weighted by Gasteiger charge is 2.46. The van der Waals surface area contributed by atoms with Crippen LogP contribution in [0.4, 0.5) is 0 Å². The van der Waals surface area contributed by atoms with Crippen molar-refractivity contribution in [3.8, 4) is 0 Å². The van der Waals surface area contributed by atoms with Gasteiger partial charge in [-0.25, -0.2) is 14.3 Å². The van der Waals surface area contributed by atoms with Gasteiger partial charge in [-0.2, -0.15) is 0 Å². The third-order valence-corrected chi connectivity index (χ3v) is 7.35. The van der Waals surface area contributed by atoms with E-state index in [0.29, 0.717) is 41.3 Å². The number of nitrogens with zero attached hydrogens (tertiary/aromatic N) is 2. The van der Waals surface area contributed by atoms with Gasteiger partial charge in [-0.15, -0.1) is 0 Å². The zero-order valence-corrected chi connectivity index (χ0v) is 21.4. The summed E-state index contributed by atoms with van der Waals surface area (Å²) in [5, 5.41) is 10.5. The van der Waals surface area contributed by atoms with Crippen LogP contribution in [0.1, 0.15) is 68.2 Å². The predicted molar refractivity (Wildman–Crippen MR) is 132 cm³/mol. The Bertz CT molecular complexity index is 896. The molecule has 3 aliphatic rings. The summed E-state index contributed by atoms with van der Waals surface area (Å²) in [4.78, 5) is 15.0. The standard InChI is InChI=1S/C28H42N2O2/c1-17(2)21-11-9-12-22(18(3)4)25(21)29-15-16-30(27(29)28(31)32)26-23(19(5)6)13-10-14-24(26)20(7)8/h9-11,13,17-20,22,24H,12,14-16H2,1-8H3/p+1/t22-,24+. The molecule has 4 heteroatoms. The average molecular weight is 440 g/mol. The first kappa shape index (κ1) is 24.5. The number of hydrogen-bond donors (Lipinski definition) is 1. The highest BCUT2D eigenvalue weighted by molar-refractivity contribution is 6.33. The third-order valence-electron chi connectivity index (χ3n) is 7.35. The molecular weight excluding hydrogens is 396 g/mol. The van der Waals surface area contributed by atoms with Crippen LogP contribution in [0.5, 0.6) is 0 Å². The maximum Gasteiger partial charge on any atom is 0.419 e. The van der Waals surface area contributed by atoms with Crippen LogP contribution < -0.4 is 0 Å². The minimum absolute atomic E-state index is 0.345. The van der Waals surface area contributed by atoms with Crippen molar-refractivity contribution >= 4 is 11.8 Å². The number of allylic oxidation sites excluding steroid dienone is 8. The molecule has 0 amide bonds. The summed E-state index contributed by atoms with van der Waals surface area (Å²) in [7, 11) is 0. The quantitative estimate of drug-likeness (QED) is 0.489. The molecule has 176 valence electrons. The Morgan fingerprint density at radius 2 is 1.44 bits per heavy atom. The fourth-order valence-electron chi connectivity index (χ4n) is 5.63. The zero-order valence-electron chi connectivity index (χ0n) is 21.4. The molecule has 0 unspecified atom stereocenters.